The average molecular weight is 324 g/mol. The van der Waals surface area contributed by atoms with Crippen LogP contribution < -0.4 is 4.72 Å². The molecule has 0 aliphatic rings. The Kier molecular flexibility index (Phi) is 4.57. The van der Waals surface area contributed by atoms with Crippen molar-refractivity contribution in [1.82, 2.24) is 19.5 Å². The molecule has 22 heavy (non-hydrogen) atoms. The van der Waals surface area contributed by atoms with Crippen LogP contribution in [0.1, 0.15) is 11.1 Å². The number of carboxylic acid groups (broad SMARTS) is 1. The van der Waals surface area contributed by atoms with E-state index in [1.807, 2.05) is 6.92 Å². The fourth-order valence-corrected chi connectivity index (χ4v) is 3.44. The second-order valence-corrected chi connectivity index (χ2v) is 6.58. The van der Waals surface area contributed by atoms with Crippen LogP contribution in [0.4, 0.5) is 0 Å². The molecule has 0 fully saturated rings. The Balaban J connectivity index is 2.26. The molecule has 0 spiro atoms. The van der Waals surface area contributed by atoms with Crippen LogP contribution in [-0.4, -0.2) is 40.3 Å². The summed E-state index contributed by atoms with van der Waals surface area (Å²) >= 11 is 0. The van der Waals surface area contributed by atoms with Gasteiger partial charge in [-0.25, -0.2) is 13.4 Å². The molecule has 118 valence electrons. The van der Waals surface area contributed by atoms with Crippen molar-refractivity contribution in [1.29, 1.82) is 0 Å². The maximum Gasteiger partial charge on any atom is 0.323 e. The number of aliphatic carboxylic acids is 1. The normalized spacial score (nSPS) is 13.0. The van der Waals surface area contributed by atoms with Crippen LogP contribution >= 0.6 is 0 Å². The third kappa shape index (κ3) is 3.68. The lowest BCUT2D eigenvalue weighted by Crippen LogP contribution is -2.43. The summed E-state index contributed by atoms with van der Waals surface area (Å²) in [6.07, 6.45) is 2.57. The number of hydrogen-bond donors (Lipinski definition) is 2. The molecule has 9 heteroatoms. The van der Waals surface area contributed by atoms with Crippen LogP contribution in [0.15, 0.2) is 35.7 Å². The highest BCUT2D eigenvalue weighted by atomic mass is 32.2. The fraction of sp³-hybridized carbons (Fsp3) is 0.308. The molecular weight excluding hydrogens is 308 g/mol. The Hall–Kier alpha value is -2.26. The SMILES string of the molecule is Cc1ccc(S(=O)(=O)NC(Cn2cncn2)C(=O)O)c(C)c1. The van der Waals surface area contributed by atoms with Gasteiger partial charge in [-0.15, -0.1) is 0 Å². The van der Waals surface area contributed by atoms with E-state index in [1.165, 1.54) is 23.4 Å². The molecule has 0 radical (unpaired) electrons. The quantitative estimate of drug-likeness (QED) is 0.791. The number of nitrogens with one attached hydrogen (secondary N) is 1. The number of aromatic nitrogens is 3. The second kappa shape index (κ2) is 6.24. The van der Waals surface area contributed by atoms with Crippen molar-refractivity contribution in [2.45, 2.75) is 31.3 Å². The second-order valence-electron chi connectivity index (χ2n) is 4.90. The summed E-state index contributed by atoms with van der Waals surface area (Å²) in [6, 6.07) is 3.50. The highest BCUT2D eigenvalue weighted by molar-refractivity contribution is 7.89. The van der Waals surface area contributed by atoms with Crippen LogP contribution in [0.5, 0.6) is 0 Å². The third-order valence-corrected chi connectivity index (χ3v) is 4.68. The molecule has 2 N–H and O–H groups in total. The van der Waals surface area contributed by atoms with E-state index in [9.17, 15) is 18.3 Å². The van der Waals surface area contributed by atoms with Gasteiger partial charge in [-0.1, -0.05) is 17.7 Å². The molecule has 1 aromatic carbocycles. The van der Waals surface area contributed by atoms with Crippen molar-refractivity contribution < 1.29 is 18.3 Å². The third-order valence-electron chi connectivity index (χ3n) is 3.05. The van der Waals surface area contributed by atoms with E-state index in [-0.39, 0.29) is 11.4 Å². The van der Waals surface area contributed by atoms with E-state index in [4.69, 9.17) is 0 Å². The number of sulfonamides is 1. The van der Waals surface area contributed by atoms with Crippen molar-refractivity contribution in [2.75, 3.05) is 0 Å². The summed E-state index contributed by atoms with van der Waals surface area (Å²) in [5.74, 6) is -1.29. The molecule has 1 aromatic heterocycles. The molecule has 0 aliphatic carbocycles. The predicted molar refractivity (Wildman–Crippen MR) is 77.7 cm³/mol. The maximum atomic E-state index is 12.4. The molecular formula is C13H16N4O4S. The molecule has 0 saturated carbocycles. The molecule has 0 bridgehead atoms. The zero-order valence-electron chi connectivity index (χ0n) is 12.1. The topological polar surface area (TPSA) is 114 Å². The van der Waals surface area contributed by atoms with E-state index in [1.54, 1.807) is 19.1 Å². The Labute approximate surface area is 127 Å². The van der Waals surface area contributed by atoms with E-state index in [2.05, 4.69) is 14.8 Å². The summed E-state index contributed by atoms with van der Waals surface area (Å²) in [5.41, 5.74) is 1.48. The first kappa shape index (κ1) is 16.1. The fourth-order valence-electron chi connectivity index (χ4n) is 2.03. The Morgan fingerprint density at radius 1 is 1.41 bits per heavy atom. The van der Waals surface area contributed by atoms with Gasteiger partial charge in [0.2, 0.25) is 10.0 Å². The minimum Gasteiger partial charge on any atom is -0.480 e. The first-order valence-electron chi connectivity index (χ1n) is 6.44. The lowest BCUT2D eigenvalue weighted by molar-refractivity contribution is -0.139. The van der Waals surface area contributed by atoms with Crippen molar-refractivity contribution in [3.63, 3.8) is 0 Å². The van der Waals surface area contributed by atoms with Gasteiger partial charge < -0.3 is 5.11 Å². The minimum atomic E-state index is -3.95. The number of hydrogen-bond acceptors (Lipinski definition) is 5. The molecule has 0 aliphatic heterocycles. The highest BCUT2D eigenvalue weighted by Gasteiger charge is 2.27. The van der Waals surface area contributed by atoms with Crippen LogP contribution in [0, 0.1) is 13.8 Å². The van der Waals surface area contributed by atoms with Gasteiger partial charge >= 0.3 is 5.97 Å². The van der Waals surface area contributed by atoms with Gasteiger partial charge in [-0.2, -0.15) is 9.82 Å². The van der Waals surface area contributed by atoms with E-state index < -0.39 is 22.0 Å². The van der Waals surface area contributed by atoms with Crippen molar-refractivity contribution in [3.8, 4) is 0 Å². The molecule has 1 heterocycles. The highest BCUT2D eigenvalue weighted by Crippen LogP contribution is 2.16. The van der Waals surface area contributed by atoms with Crippen LogP contribution in [0.25, 0.3) is 0 Å². The Morgan fingerprint density at radius 3 is 2.68 bits per heavy atom. The zero-order valence-corrected chi connectivity index (χ0v) is 12.9. The summed E-state index contributed by atoms with van der Waals surface area (Å²) in [7, 11) is -3.95. The van der Waals surface area contributed by atoms with E-state index in [0.717, 1.165) is 5.56 Å². The zero-order chi connectivity index (χ0) is 16.3. The van der Waals surface area contributed by atoms with Gasteiger partial charge in [0, 0.05) is 0 Å². The number of nitrogens with zero attached hydrogens (tertiary/aromatic N) is 3. The first-order chi connectivity index (χ1) is 10.3. The number of benzene rings is 1. The van der Waals surface area contributed by atoms with Gasteiger partial charge in [-0.05, 0) is 25.5 Å². The van der Waals surface area contributed by atoms with Crippen molar-refractivity contribution in [2.24, 2.45) is 0 Å². The Bertz CT molecular complexity index is 771. The maximum absolute atomic E-state index is 12.4. The standard InChI is InChI=1S/C13H16N4O4S/c1-9-3-4-12(10(2)5-9)22(20,21)16-11(13(18)19)6-17-8-14-7-15-17/h3-5,7-8,11,16H,6H2,1-2H3,(H,18,19). The lowest BCUT2D eigenvalue weighted by atomic mass is 10.2. The van der Waals surface area contributed by atoms with Crippen LogP contribution in [0.2, 0.25) is 0 Å². The average Bonchev–Trinajstić information content (AvgIpc) is 2.90. The van der Waals surface area contributed by atoms with Crippen LogP contribution in [-0.2, 0) is 21.4 Å². The number of carboxylic acids is 1. The van der Waals surface area contributed by atoms with Crippen LogP contribution in [0.3, 0.4) is 0 Å². The van der Waals surface area contributed by atoms with Gasteiger partial charge in [0.25, 0.3) is 0 Å². The molecule has 0 saturated heterocycles. The van der Waals surface area contributed by atoms with Gasteiger partial charge in [0.05, 0.1) is 11.4 Å². The first-order valence-corrected chi connectivity index (χ1v) is 7.93. The monoisotopic (exact) mass is 324 g/mol. The lowest BCUT2D eigenvalue weighted by Gasteiger charge is -2.16. The number of rotatable bonds is 6. The molecule has 2 rings (SSSR count). The van der Waals surface area contributed by atoms with E-state index >= 15 is 0 Å². The van der Waals surface area contributed by atoms with E-state index in [0.29, 0.717) is 5.56 Å². The number of carbonyl (C=O) groups is 1. The molecule has 0 amide bonds. The molecule has 1 atom stereocenters. The van der Waals surface area contributed by atoms with Gasteiger partial charge in [0.1, 0.15) is 18.7 Å². The Morgan fingerprint density at radius 2 is 2.14 bits per heavy atom. The summed E-state index contributed by atoms with van der Waals surface area (Å²) < 4.78 is 28.2. The largest absolute Gasteiger partial charge is 0.480 e. The predicted octanol–water partition coefficient (Wildman–Crippen LogP) is 0.327. The molecule has 8 nitrogen and oxygen atoms in total. The smallest absolute Gasteiger partial charge is 0.323 e. The summed E-state index contributed by atoms with van der Waals surface area (Å²) in [5, 5.41) is 13.0. The molecule has 2 aromatic rings. The van der Waals surface area contributed by atoms with Gasteiger partial charge in [-0.3, -0.25) is 9.48 Å². The van der Waals surface area contributed by atoms with Gasteiger partial charge in [0.15, 0.2) is 0 Å². The minimum absolute atomic E-state index is 0.0583. The summed E-state index contributed by atoms with van der Waals surface area (Å²) in [6.45, 7) is 3.36. The summed E-state index contributed by atoms with van der Waals surface area (Å²) in [4.78, 5) is 15.0. The number of aryl methyl sites for hydroxylation is 2. The van der Waals surface area contributed by atoms with Crippen molar-refractivity contribution >= 4 is 16.0 Å². The molecule has 1 unspecified atom stereocenters. The van der Waals surface area contributed by atoms with Crippen molar-refractivity contribution in [3.05, 3.63) is 42.0 Å².